The highest BCUT2D eigenvalue weighted by atomic mass is 16.1. The van der Waals surface area contributed by atoms with Gasteiger partial charge in [0.05, 0.1) is 5.92 Å². The van der Waals surface area contributed by atoms with Gasteiger partial charge >= 0.3 is 0 Å². The molecule has 3 N–H and O–H groups in total. The number of nitrogens with two attached hydrogens (primary N) is 1. The van der Waals surface area contributed by atoms with Gasteiger partial charge in [0.25, 0.3) is 0 Å². The fourth-order valence-electron chi connectivity index (χ4n) is 3.18. The molecule has 3 heteroatoms. The number of rotatable bonds is 3. The van der Waals surface area contributed by atoms with E-state index in [4.69, 9.17) is 5.73 Å². The van der Waals surface area contributed by atoms with Gasteiger partial charge in [0.15, 0.2) is 0 Å². The lowest BCUT2D eigenvalue weighted by atomic mass is 9.92. The summed E-state index contributed by atoms with van der Waals surface area (Å²) in [7, 11) is 0. The smallest absolute Gasteiger partial charge is 0.227 e. The summed E-state index contributed by atoms with van der Waals surface area (Å²) in [6.07, 6.45) is 12.6. The van der Waals surface area contributed by atoms with Crippen LogP contribution < -0.4 is 11.1 Å². The van der Waals surface area contributed by atoms with Crippen LogP contribution in [0.15, 0.2) is 12.2 Å². The molecule has 1 fully saturated rings. The Morgan fingerprint density at radius 1 is 1.22 bits per heavy atom. The van der Waals surface area contributed by atoms with Gasteiger partial charge in [-0.2, -0.15) is 0 Å². The maximum atomic E-state index is 12.1. The Labute approximate surface area is 110 Å². The van der Waals surface area contributed by atoms with Crippen molar-refractivity contribution in [2.45, 2.75) is 64.0 Å². The van der Waals surface area contributed by atoms with Crippen LogP contribution in [0.25, 0.3) is 0 Å². The molecule has 0 saturated heterocycles. The van der Waals surface area contributed by atoms with Crippen LogP contribution in [0, 0.1) is 11.8 Å². The molecule has 1 amide bonds. The van der Waals surface area contributed by atoms with Crippen LogP contribution in [0.3, 0.4) is 0 Å². The molecular formula is C15H26N2O. The molecule has 0 aromatic carbocycles. The minimum Gasteiger partial charge on any atom is -0.353 e. The normalized spacial score (nSPS) is 31.0. The van der Waals surface area contributed by atoms with E-state index in [2.05, 4.69) is 12.2 Å². The molecule has 3 nitrogen and oxygen atoms in total. The Balaban J connectivity index is 1.80. The first-order valence-corrected chi connectivity index (χ1v) is 7.41. The van der Waals surface area contributed by atoms with E-state index in [1.165, 1.54) is 38.5 Å². The third-order valence-corrected chi connectivity index (χ3v) is 4.43. The summed E-state index contributed by atoms with van der Waals surface area (Å²) in [5.41, 5.74) is 5.79. The van der Waals surface area contributed by atoms with Crippen molar-refractivity contribution in [1.29, 1.82) is 0 Å². The van der Waals surface area contributed by atoms with E-state index in [0.29, 0.717) is 12.0 Å². The zero-order chi connectivity index (χ0) is 13.0. The van der Waals surface area contributed by atoms with Crippen molar-refractivity contribution in [3.63, 3.8) is 0 Å². The molecule has 102 valence electrons. The number of nitrogens with one attached hydrogen (secondary N) is 1. The maximum absolute atomic E-state index is 12.1. The first-order chi connectivity index (χ1) is 8.66. The van der Waals surface area contributed by atoms with Crippen molar-refractivity contribution in [3.8, 4) is 0 Å². The predicted molar refractivity (Wildman–Crippen MR) is 74.0 cm³/mol. The molecule has 2 aliphatic rings. The van der Waals surface area contributed by atoms with Gasteiger partial charge in [0, 0.05) is 12.1 Å². The predicted octanol–water partition coefficient (Wildman–Crippen LogP) is 2.36. The molecule has 0 aliphatic heterocycles. The van der Waals surface area contributed by atoms with Gasteiger partial charge in [-0.05, 0) is 32.1 Å². The van der Waals surface area contributed by atoms with Gasteiger partial charge in [-0.1, -0.05) is 37.8 Å². The second-order valence-corrected chi connectivity index (χ2v) is 5.94. The minimum atomic E-state index is -0.00627. The third kappa shape index (κ3) is 3.58. The molecule has 0 aromatic rings. The van der Waals surface area contributed by atoms with E-state index < -0.39 is 0 Å². The third-order valence-electron chi connectivity index (χ3n) is 4.43. The quantitative estimate of drug-likeness (QED) is 0.597. The Kier molecular flexibility index (Phi) is 4.81. The van der Waals surface area contributed by atoms with Crippen LogP contribution in [0.1, 0.15) is 51.9 Å². The molecule has 3 atom stereocenters. The average molecular weight is 250 g/mol. The minimum absolute atomic E-state index is 0.00627. The Bertz CT molecular complexity index is 306. The summed E-state index contributed by atoms with van der Waals surface area (Å²) >= 11 is 0. The Morgan fingerprint density at radius 2 is 1.89 bits per heavy atom. The highest BCUT2D eigenvalue weighted by molar-refractivity contribution is 5.81. The van der Waals surface area contributed by atoms with Gasteiger partial charge in [0.1, 0.15) is 0 Å². The number of hydrogen-bond acceptors (Lipinski definition) is 2. The molecule has 0 aromatic heterocycles. The molecule has 1 saturated carbocycles. The summed E-state index contributed by atoms with van der Waals surface area (Å²) in [5.74, 6) is 0.819. The van der Waals surface area contributed by atoms with Gasteiger partial charge in [0.2, 0.25) is 5.91 Å². The first-order valence-electron chi connectivity index (χ1n) is 7.41. The molecule has 0 heterocycles. The second kappa shape index (κ2) is 6.37. The van der Waals surface area contributed by atoms with Crippen LogP contribution in [0.2, 0.25) is 0 Å². The summed E-state index contributed by atoms with van der Waals surface area (Å²) in [6, 6.07) is 0.370. The van der Waals surface area contributed by atoms with Crippen molar-refractivity contribution in [2.24, 2.45) is 17.6 Å². The highest BCUT2D eigenvalue weighted by Gasteiger charge is 2.26. The van der Waals surface area contributed by atoms with Crippen LogP contribution in [0.5, 0.6) is 0 Å². The number of hydrogen-bond donors (Lipinski definition) is 2. The van der Waals surface area contributed by atoms with Gasteiger partial charge in [-0.15, -0.1) is 0 Å². The fourth-order valence-corrected chi connectivity index (χ4v) is 3.18. The van der Waals surface area contributed by atoms with Crippen molar-refractivity contribution in [1.82, 2.24) is 5.32 Å². The van der Waals surface area contributed by atoms with E-state index >= 15 is 0 Å². The van der Waals surface area contributed by atoms with Crippen LogP contribution in [-0.2, 0) is 4.79 Å². The molecule has 18 heavy (non-hydrogen) atoms. The van der Waals surface area contributed by atoms with Crippen molar-refractivity contribution in [2.75, 3.05) is 0 Å². The average Bonchev–Trinajstić information content (AvgIpc) is 2.63. The summed E-state index contributed by atoms with van der Waals surface area (Å²) in [5, 5.41) is 3.19. The first kappa shape index (κ1) is 13.6. The van der Waals surface area contributed by atoms with Crippen molar-refractivity contribution in [3.05, 3.63) is 12.2 Å². The lowest BCUT2D eigenvalue weighted by Gasteiger charge is -2.24. The standard InChI is InChI=1S/C15H26N2O/c1-11(12-6-4-2-3-5-7-12)17-15(18)13-8-9-14(16)10-13/h8-9,11-14H,2-7,10,16H2,1H3,(H,17,18)/t11-,13?,14?/m0/s1. The van der Waals surface area contributed by atoms with Crippen LogP contribution in [-0.4, -0.2) is 18.0 Å². The Morgan fingerprint density at radius 3 is 2.44 bits per heavy atom. The van der Waals surface area contributed by atoms with E-state index in [9.17, 15) is 4.79 Å². The summed E-state index contributed by atoms with van der Waals surface area (Å²) < 4.78 is 0. The molecule has 0 bridgehead atoms. The van der Waals surface area contributed by atoms with E-state index in [1.807, 2.05) is 12.2 Å². The molecule has 2 unspecified atom stereocenters. The zero-order valence-corrected chi connectivity index (χ0v) is 11.4. The van der Waals surface area contributed by atoms with E-state index in [-0.39, 0.29) is 17.9 Å². The lowest BCUT2D eigenvalue weighted by Crippen LogP contribution is -2.41. The van der Waals surface area contributed by atoms with Crippen molar-refractivity contribution < 1.29 is 4.79 Å². The van der Waals surface area contributed by atoms with E-state index in [0.717, 1.165) is 6.42 Å². The number of carbonyl (C=O) groups excluding carboxylic acids is 1. The molecule has 2 aliphatic carbocycles. The molecular weight excluding hydrogens is 224 g/mol. The maximum Gasteiger partial charge on any atom is 0.227 e. The molecule has 0 radical (unpaired) electrons. The number of carbonyl (C=O) groups is 1. The Hall–Kier alpha value is -0.830. The zero-order valence-electron chi connectivity index (χ0n) is 11.4. The largest absolute Gasteiger partial charge is 0.353 e. The van der Waals surface area contributed by atoms with E-state index in [1.54, 1.807) is 0 Å². The monoisotopic (exact) mass is 250 g/mol. The lowest BCUT2D eigenvalue weighted by molar-refractivity contribution is -0.124. The van der Waals surface area contributed by atoms with Crippen LogP contribution in [0.4, 0.5) is 0 Å². The summed E-state index contributed by atoms with van der Waals surface area (Å²) in [4.78, 5) is 12.1. The van der Waals surface area contributed by atoms with Gasteiger partial charge < -0.3 is 11.1 Å². The highest BCUT2D eigenvalue weighted by Crippen LogP contribution is 2.26. The van der Waals surface area contributed by atoms with Crippen LogP contribution >= 0.6 is 0 Å². The van der Waals surface area contributed by atoms with Gasteiger partial charge in [-0.25, -0.2) is 0 Å². The topological polar surface area (TPSA) is 55.1 Å². The fraction of sp³-hybridized carbons (Fsp3) is 0.800. The van der Waals surface area contributed by atoms with Crippen molar-refractivity contribution >= 4 is 5.91 Å². The number of amides is 1. The second-order valence-electron chi connectivity index (χ2n) is 5.94. The molecule has 0 spiro atoms. The van der Waals surface area contributed by atoms with Gasteiger partial charge in [-0.3, -0.25) is 4.79 Å². The SMILES string of the molecule is C[C@H](NC(=O)C1C=CC(N)C1)C1CCCCCC1. The molecule has 2 rings (SSSR count). The summed E-state index contributed by atoms with van der Waals surface area (Å²) in [6.45, 7) is 2.16.